The molecule has 3 N–H and O–H groups in total. The SMILES string of the molecule is COc1c(C2=NN[C@](O)(C(F)(F)F)C2)c(O)c(OC)c2occc12. The second-order valence-corrected chi connectivity index (χ2v) is 5.16. The molecule has 2 aromatic rings. The van der Waals surface area contributed by atoms with Gasteiger partial charge in [0.1, 0.15) is 5.75 Å². The van der Waals surface area contributed by atoms with E-state index in [4.69, 9.17) is 13.9 Å². The summed E-state index contributed by atoms with van der Waals surface area (Å²) in [7, 11) is 2.56. The Hall–Kier alpha value is -2.62. The van der Waals surface area contributed by atoms with Gasteiger partial charge in [-0.05, 0) is 6.07 Å². The fraction of sp³-hybridized carbons (Fsp3) is 0.357. The van der Waals surface area contributed by atoms with Crippen LogP contribution < -0.4 is 14.9 Å². The molecule has 1 aliphatic heterocycles. The zero-order valence-electron chi connectivity index (χ0n) is 12.6. The third kappa shape index (κ3) is 2.13. The quantitative estimate of drug-likeness (QED) is 0.788. The smallest absolute Gasteiger partial charge is 0.438 e. The molecule has 0 aliphatic carbocycles. The van der Waals surface area contributed by atoms with Crippen LogP contribution in [0.2, 0.25) is 0 Å². The summed E-state index contributed by atoms with van der Waals surface area (Å²) in [6, 6.07) is 1.51. The minimum atomic E-state index is -4.95. The molecule has 0 amide bonds. The van der Waals surface area contributed by atoms with Gasteiger partial charge < -0.3 is 24.1 Å². The van der Waals surface area contributed by atoms with Crippen LogP contribution >= 0.6 is 0 Å². The molecule has 1 aromatic carbocycles. The summed E-state index contributed by atoms with van der Waals surface area (Å²) in [4.78, 5) is 0. The van der Waals surface area contributed by atoms with Gasteiger partial charge in [-0.15, -0.1) is 0 Å². The summed E-state index contributed by atoms with van der Waals surface area (Å²) in [6.45, 7) is 0. The number of nitrogens with zero attached hydrogens (tertiary/aromatic N) is 1. The van der Waals surface area contributed by atoms with Crippen LogP contribution in [-0.4, -0.2) is 42.0 Å². The first-order valence-corrected chi connectivity index (χ1v) is 6.71. The third-order valence-corrected chi connectivity index (χ3v) is 3.76. The molecule has 0 bridgehead atoms. The van der Waals surface area contributed by atoms with Crippen molar-refractivity contribution in [1.29, 1.82) is 0 Å². The number of aromatic hydroxyl groups is 1. The molecule has 2 heterocycles. The van der Waals surface area contributed by atoms with Crippen molar-refractivity contribution in [3.8, 4) is 17.2 Å². The minimum Gasteiger partial charge on any atom is -0.504 e. The predicted molar refractivity (Wildman–Crippen MR) is 76.3 cm³/mol. The van der Waals surface area contributed by atoms with Crippen molar-refractivity contribution in [3.05, 3.63) is 17.9 Å². The number of alkyl halides is 3. The van der Waals surface area contributed by atoms with Crippen molar-refractivity contribution >= 4 is 16.7 Å². The number of aliphatic hydroxyl groups is 1. The van der Waals surface area contributed by atoms with Crippen molar-refractivity contribution in [2.75, 3.05) is 14.2 Å². The molecule has 0 unspecified atom stereocenters. The number of furan rings is 1. The van der Waals surface area contributed by atoms with Gasteiger partial charge in [-0.25, -0.2) is 0 Å². The molecule has 0 saturated heterocycles. The number of ether oxygens (including phenoxy) is 2. The van der Waals surface area contributed by atoms with E-state index in [1.54, 1.807) is 5.43 Å². The molecule has 1 atom stereocenters. The van der Waals surface area contributed by atoms with Gasteiger partial charge in [-0.2, -0.15) is 18.3 Å². The van der Waals surface area contributed by atoms with E-state index in [-0.39, 0.29) is 28.4 Å². The van der Waals surface area contributed by atoms with E-state index >= 15 is 0 Å². The van der Waals surface area contributed by atoms with Crippen molar-refractivity contribution in [2.45, 2.75) is 18.3 Å². The highest BCUT2D eigenvalue weighted by molar-refractivity contribution is 6.12. The number of nitrogens with one attached hydrogen (secondary N) is 1. The number of phenols is 1. The second-order valence-electron chi connectivity index (χ2n) is 5.16. The average molecular weight is 346 g/mol. The van der Waals surface area contributed by atoms with Gasteiger partial charge in [0, 0.05) is 0 Å². The summed E-state index contributed by atoms with van der Waals surface area (Å²) in [5.74, 6) is -0.510. The van der Waals surface area contributed by atoms with Crippen LogP contribution in [0.4, 0.5) is 13.2 Å². The molecule has 24 heavy (non-hydrogen) atoms. The molecule has 1 aromatic heterocycles. The van der Waals surface area contributed by atoms with Crippen LogP contribution in [0.15, 0.2) is 21.8 Å². The summed E-state index contributed by atoms with van der Waals surface area (Å²) in [5, 5.41) is 24.0. The van der Waals surface area contributed by atoms with Crippen molar-refractivity contribution in [2.24, 2.45) is 5.10 Å². The Labute approximate surface area is 133 Å². The lowest BCUT2D eigenvalue weighted by molar-refractivity contribution is -0.266. The number of methoxy groups -OCH3 is 2. The number of phenolic OH excluding ortho intramolecular Hbond substituents is 1. The van der Waals surface area contributed by atoms with Gasteiger partial charge in [-0.3, -0.25) is 5.43 Å². The van der Waals surface area contributed by atoms with Gasteiger partial charge in [0.2, 0.25) is 5.75 Å². The molecule has 0 fully saturated rings. The standard InChI is InChI=1S/C14H13F3N2O5/c1-22-10-6-3-4-24-11(6)12(23-2)9(20)8(10)7-5-13(21,19-18-7)14(15,16)17/h3-4,19-21H,5H2,1-2H3/t13-/m1/s1. The molecule has 3 rings (SSSR count). The molecule has 7 nitrogen and oxygen atoms in total. The average Bonchev–Trinajstić information content (AvgIpc) is 3.13. The molecule has 10 heteroatoms. The molecule has 0 spiro atoms. The van der Waals surface area contributed by atoms with Crippen LogP contribution in [-0.2, 0) is 0 Å². The van der Waals surface area contributed by atoms with E-state index in [0.717, 1.165) is 0 Å². The second kappa shape index (κ2) is 5.20. The summed E-state index contributed by atoms with van der Waals surface area (Å²) in [6.07, 6.45) is -4.54. The fourth-order valence-corrected chi connectivity index (χ4v) is 2.59. The third-order valence-electron chi connectivity index (χ3n) is 3.76. The highest BCUT2D eigenvalue weighted by Gasteiger charge is 2.57. The lowest BCUT2D eigenvalue weighted by atomic mass is 9.98. The number of hydrogen-bond acceptors (Lipinski definition) is 7. The van der Waals surface area contributed by atoms with Crippen molar-refractivity contribution in [1.82, 2.24) is 5.43 Å². The maximum absolute atomic E-state index is 12.9. The van der Waals surface area contributed by atoms with Crippen LogP contribution in [0.25, 0.3) is 11.0 Å². The van der Waals surface area contributed by atoms with Crippen LogP contribution in [0.5, 0.6) is 17.2 Å². The Morgan fingerprint density at radius 3 is 2.50 bits per heavy atom. The van der Waals surface area contributed by atoms with Crippen molar-refractivity contribution in [3.63, 3.8) is 0 Å². The molecule has 0 saturated carbocycles. The van der Waals surface area contributed by atoms with E-state index < -0.39 is 24.1 Å². The highest BCUT2D eigenvalue weighted by atomic mass is 19.4. The first-order chi connectivity index (χ1) is 11.2. The lowest BCUT2D eigenvalue weighted by Crippen LogP contribution is -2.52. The maximum Gasteiger partial charge on any atom is 0.438 e. The Morgan fingerprint density at radius 2 is 1.96 bits per heavy atom. The van der Waals surface area contributed by atoms with Gasteiger partial charge in [0.15, 0.2) is 11.3 Å². The zero-order chi connectivity index (χ0) is 17.7. The van der Waals surface area contributed by atoms with Crippen molar-refractivity contribution < 1.29 is 37.3 Å². The Kier molecular flexibility index (Phi) is 3.52. The molecule has 130 valence electrons. The molecule has 1 aliphatic rings. The van der Waals surface area contributed by atoms with Gasteiger partial charge >= 0.3 is 6.18 Å². The zero-order valence-corrected chi connectivity index (χ0v) is 12.6. The summed E-state index contributed by atoms with van der Waals surface area (Å²) in [5.41, 5.74) is -1.73. The fourth-order valence-electron chi connectivity index (χ4n) is 2.59. The molecular weight excluding hydrogens is 333 g/mol. The summed E-state index contributed by atoms with van der Waals surface area (Å²) < 4.78 is 54.4. The number of fused-ring (bicyclic) bond motifs is 1. The van der Waals surface area contributed by atoms with Crippen LogP contribution in [0.3, 0.4) is 0 Å². The Morgan fingerprint density at radius 1 is 1.29 bits per heavy atom. The lowest BCUT2D eigenvalue weighted by Gasteiger charge is -2.24. The highest BCUT2D eigenvalue weighted by Crippen LogP contribution is 2.47. The van der Waals surface area contributed by atoms with E-state index in [0.29, 0.717) is 5.39 Å². The Bertz CT molecular complexity index is 830. The topological polar surface area (TPSA) is 96.5 Å². The van der Waals surface area contributed by atoms with E-state index in [1.165, 1.54) is 26.5 Å². The summed E-state index contributed by atoms with van der Waals surface area (Å²) >= 11 is 0. The number of rotatable bonds is 3. The maximum atomic E-state index is 12.9. The predicted octanol–water partition coefficient (Wildman–Crippen LogP) is 2.10. The number of halogens is 3. The first kappa shape index (κ1) is 16.2. The largest absolute Gasteiger partial charge is 0.504 e. The van der Waals surface area contributed by atoms with Crippen LogP contribution in [0, 0.1) is 0 Å². The Balaban J connectivity index is 2.19. The minimum absolute atomic E-state index is 0.0593. The van der Waals surface area contributed by atoms with E-state index in [1.807, 2.05) is 0 Å². The normalized spacial score (nSPS) is 20.8. The first-order valence-electron chi connectivity index (χ1n) is 6.71. The number of hydrazone groups is 1. The number of hydrogen-bond donors (Lipinski definition) is 3. The van der Waals surface area contributed by atoms with Gasteiger partial charge in [0.25, 0.3) is 5.72 Å². The van der Waals surface area contributed by atoms with Gasteiger partial charge in [0.05, 0.1) is 43.6 Å². The molecular formula is C14H13F3N2O5. The molecule has 0 radical (unpaired) electrons. The van der Waals surface area contributed by atoms with E-state index in [9.17, 15) is 23.4 Å². The monoisotopic (exact) mass is 346 g/mol. The van der Waals surface area contributed by atoms with Gasteiger partial charge in [-0.1, -0.05) is 0 Å². The van der Waals surface area contributed by atoms with E-state index in [2.05, 4.69) is 5.10 Å². The van der Waals surface area contributed by atoms with Crippen LogP contribution in [0.1, 0.15) is 12.0 Å². The number of benzene rings is 1.